The maximum atomic E-state index is 13.8. The zero-order valence-corrected chi connectivity index (χ0v) is 11.3. The first kappa shape index (κ1) is 13.1. The zero-order chi connectivity index (χ0) is 15.1. The summed E-state index contributed by atoms with van der Waals surface area (Å²) in [5.74, 6) is -0.799. The number of rotatable bonds is 2. The molecule has 0 aliphatic rings. The maximum absolute atomic E-state index is 13.8. The summed E-state index contributed by atoms with van der Waals surface area (Å²) in [5.41, 5.74) is 0.926. The van der Waals surface area contributed by atoms with Crippen LogP contribution in [0.15, 0.2) is 17.2 Å². The Bertz CT molecular complexity index is 926. The summed E-state index contributed by atoms with van der Waals surface area (Å²) in [5, 5.41) is 18.8. The van der Waals surface area contributed by atoms with E-state index in [9.17, 15) is 9.18 Å². The third-order valence-corrected chi connectivity index (χ3v) is 3.26. The molecule has 0 unspecified atom stereocenters. The summed E-state index contributed by atoms with van der Waals surface area (Å²) in [6, 6.07) is 1.94. The summed E-state index contributed by atoms with van der Waals surface area (Å²) < 4.78 is 14.9. The summed E-state index contributed by atoms with van der Waals surface area (Å²) in [7, 11) is 0. The molecule has 8 heteroatoms. The Hall–Kier alpha value is -2.95. The molecule has 106 valence electrons. The van der Waals surface area contributed by atoms with Crippen LogP contribution in [0.25, 0.3) is 16.9 Å². The van der Waals surface area contributed by atoms with E-state index in [1.807, 2.05) is 19.9 Å². The van der Waals surface area contributed by atoms with Gasteiger partial charge in [0.1, 0.15) is 11.6 Å². The van der Waals surface area contributed by atoms with Crippen LogP contribution >= 0.6 is 0 Å². The Morgan fingerprint density at radius 1 is 1.43 bits per heavy atom. The van der Waals surface area contributed by atoms with Crippen molar-refractivity contribution in [3.05, 3.63) is 39.8 Å². The van der Waals surface area contributed by atoms with E-state index in [4.69, 9.17) is 5.26 Å². The lowest BCUT2D eigenvalue weighted by Crippen LogP contribution is -2.22. The molecular formula is C13H11FN6O. The van der Waals surface area contributed by atoms with E-state index in [1.54, 1.807) is 0 Å². The van der Waals surface area contributed by atoms with E-state index in [0.29, 0.717) is 11.3 Å². The van der Waals surface area contributed by atoms with E-state index in [2.05, 4.69) is 20.3 Å². The van der Waals surface area contributed by atoms with Crippen LogP contribution in [0, 0.1) is 17.3 Å². The highest BCUT2D eigenvalue weighted by molar-refractivity contribution is 5.67. The third-order valence-electron chi connectivity index (χ3n) is 3.26. The molecule has 0 saturated heterocycles. The van der Waals surface area contributed by atoms with E-state index < -0.39 is 5.95 Å². The number of fused-ring (bicyclic) bond motifs is 1. The van der Waals surface area contributed by atoms with E-state index in [-0.39, 0.29) is 28.3 Å². The number of hydrogen-bond donors (Lipinski definition) is 2. The van der Waals surface area contributed by atoms with E-state index in [0.717, 1.165) is 4.52 Å². The topological polar surface area (TPSA) is 103 Å². The Morgan fingerprint density at radius 2 is 2.19 bits per heavy atom. The van der Waals surface area contributed by atoms with Gasteiger partial charge in [0.2, 0.25) is 5.95 Å². The second-order valence-corrected chi connectivity index (χ2v) is 4.90. The number of nitrogens with one attached hydrogen (secondary N) is 2. The highest BCUT2D eigenvalue weighted by Crippen LogP contribution is 2.26. The van der Waals surface area contributed by atoms with E-state index in [1.165, 1.54) is 12.4 Å². The SMILES string of the molecule is CC(C)c1c(-c2cn[nH]c2F)[nH]c2c(C#N)cnn2c1=O. The molecule has 0 aromatic carbocycles. The quantitative estimate of drug-likeness (QED) is 0.745. The summed E-state index contributed by atoms with van der Waals surface area (Å²) >= 11 is 0. The number of aromatic nitrogens is 5. The Labute approximate surface area is 118 Å². The predicted molar refractivity (Wildman–Crippen MR) is 72.2 cm³/mol. The van der Waals surface area contributed by atoms with Crippen molar-refractivity contribution in [3.63, 3.8) is 0 Å². The van der Waals surface area contributed by atoms with Crippen LogP contribution in [0.1, 0.15) is 30.9 Å². The van der Waals surface area contributed by atoms with Crippen LogP contribution in [-0.4, -0.2) is 24.8 Å². The molecule has 3 aromatic heterocycles. The van der Waals surface area contributed by atoms with Gasteiger partial charge in [0, 0.05) is 5.56 Å². The van der Waals surface area contributed by atoms with Crippen LogP contribution in [0.3, 0.4) is 0 Å². The molecule has 21 heavy (non-hydrogen) atoms. The normalized spacial score (nSPS) is 11.2. The molecule has 0 aliphatic carbocycles. The molecule has 0 fully saturated rings. The number of nitriles is 1. The Balaban J connectivity index is 2.47. The Morgan fingerprint density at radius 3 is 2.76 bits per heavy atom. The van der Waals surface area contributed by atoms with Gasteiger partial charge in [0.25, 0.3) is 5.56 Å². The highest BCUT2D eigenvalue weighted by Gasteiger charge is 2.21. The van der Waals surface area contributed by atoms with Crippen molar-refractivity contribution in [2.45, 2.75) is 19.8 Å². The van der Waals surface area contributed by atoms with Crippen molar-refractivity contribution < 1.29 is 4.39 Å². The minimum absolute atomic E-state index is 0.155. The van der Waals surface area contributed by atoms with Crippen LogP contribution in [0.4, 0.5) is 4.39 Å². The van der Waals surface area contributed by atoms with Crippen LogP contribution in [-0.2, 0) is 0 Å². The molecule has 3 aromatic rings. The fraction of sp³-hybridized carbons (Fsp3) is 0.231. The van der Waals surface area contributed by atoms with Gasteiger partial charge in [-0.1, -0.05) is 13.8 Å². The first-order valence-electron chi connectivity index (χ1n) is 6.27. The highest BCUT2D eigenvalue weighted by atomic mass is 19.1. The van der Waals surface area contributed by atoms with Gasteiger partial charge >= 0.3 is 0 Å². The van der Waals surface area contributed by atoms with Crippen molar-refractivity contribution in [3.8, 4) is 17.3 Å². The van der Waals surface area contributed by atoms with Crippen molar-refractivity contribution in [2.75, 3.05) is 0 Å². The van der Waals surface area contributed by atoms with Gasteiger partial charge in [-0.2, -0.15) is 24.4 Å². The molecule has 0 bridgehead atoms. The summed E-state index contributed by atoms with van der Waals surface area (Å²) in [6.45, 7) is 3.65. The van der Waals surface area contributed by atoms with Gasteiger partial charge in [-0.25, -0.2) is 0 Å². The van der Waals surface area contributed by atoms with Crippen molar-refractivity contribution in [1.29, 1.82) is 5.26 Å². The lowest BCUT2D eigenvalue weighted by molar-refractivity contribution is 0.581. The summed E-state index contributed by atoms with van der Waals surface area (Å²) in [6.07, 6.45) is 2.60. The van der Waals surface area contributed by atoms with Crippen molar-refractivity contribution in [1.82, 2.24) is 24.8 Å². The smallest absolute Gasteiger partial charge is 0.278 e. The minimum atomic E-state index is -0.644. The van der Waals surface area contributed by atoms with Crippen LogP contribution in [0.2, 0.25) is 0 Å². The first-order valence-corrected chi connectivity index (χ1v) is 6.27. The second kappa shape index (κ2) is 4.56. The molecule has 0 saturated carbocycles. The molecule has 7 nitrogen and oxygen atoms in total. The lowest BCUT2D eigenvalue weighted by atomic mass is 10.00. The van der Waals surface area contributed by atoms with Gasteiger partial charge < -0.3 is 4.98 Å². The molecule has 0 aliphatic heterocycles. The number of nitrogens with zero attached hydrogens (tertiary/aromatic N) is 4. The molecule has 2 N–H and O–H groups in total. The average molecular weight is 286 g/mol. The molecule has 3 heterocycles. The molecule has 3 rings (SSSR count). The fourth-order valence-corrected chi connectivity index (χ4v) is 2.30. The van der Waals surface area contributed by atoms with E-state index >= 15 is 0 Å². The average Bonchev–Trinajstić information content (AvgIpc) is 3.03. The molecule has 0 radical (unpaired) electrons. The lowest BCUT2D eigenvalue weighted by Gasteiger charge is -2.11. The van der Waals surface area contributed by atoms with Crippen molar-refractivity contribution in [2.24, 2.45) is 0 Å². The molecule has 0 atom stereocenters. The van der Waals surface area contributed by atoms with Gasteiger partial charge in [-0.15, -0.1) is 0 Å². The molecular weight excluding hydrogens is 275 g/mol. The maximum Gasteiger partial charge on any atom is 0.278 e. The number of hydrogen-bond acceptors (Lipinski definition) is 4. The van der Waals surface area contributed by atoms with Gasteiger partial charge in [0.15, 0.2) is 5.65 Å². The Kier molecular flexibility index (Phi) is 2.83. The third kappa shape index (κ3) is 1.82. The summed E-state index contributed by atoms with van der Waals surface area (Å²) in [4.78, 5) is 15.5. The number of halogens is 1. The van der Waals surface area contributed by atoms with Gasteiger partial charge in [-0.3, -0.25) is 9.89 Å². The number of aromatic amines is 2. The van der Waals surface area contributed by atoms with Crippen LogP contribution in [0.5, 0.6) is 0 Å². The van der Waals surface area contributed by atoms with Gasteiger partial charge in [-0.05, 0) is 5.92 Å². The molecule has 0 spiro atoms. The zero-order valence-electron chi connectivity index (χ0n) is 11.3. The van der Waals surface area contributed by atoms with Crippen LogP contribution < -0.4 is 5.56 Å². The fourth-order valence-electron chi connectivity index (χ4n) is 2.30. The molecule has 0 amide bonds. The standard InChI is InChI=1S/C13H11FN6O/c1-6(2)9-10(8-5-16-19-11(8)14)18-12-7(3-15)4-17-20(12)13(9)21/h4-6,18H,1-2H3,(H,16,19). The predicted octanol–water partition coefficient (Wildman–Crippen LogP) is 1.55. The minimum Gasteiger partial charge on any atom is -0.338 e. The number of H-pyrrole nitrogens is 2. The monoisotopic (exact) mass is 286 g/mol. The van der Waals surface area contributed by atoms with Crippen molar-refractivity contribution >= 4 is 5.65 Å². The first-order chi connectivity index (χ1) is 10.0. The van der Waals surface area contributed by atoms with Gasteiger partial charge in [0.05, 0.1) is 23.7 Å². The largest absolute Gasteiger partial charge is 0.338 e. The second-order valence-electron chi connectivity index (χ2n) is 4.90.